The van der Waals surface area contributed by atoms with Crippen LogP contribution in [0.2, 0.25) is 10.0 Å². The topological polar surface area (TPSA) is 52.6 Å². The highest BCUT2D eigenvalue weighted by atomic mass is 35.5. The van der Waals surface area contributed by atoms with Crippen LogP contribution in [0, 0.1) is 0 Å². The van der Waals surface area contributed by atoms with Crippen molar-refractivity contribution < 1.29 is 9.90 Å². The van der Waals surface area contributed by atoms with Crippen LogP contribution in [0.15, 0.2) is 12.1 Å². The van der Waals surface area contributed by atoms with Gasteiger partial charge in [0, 0.05) is 35.8 Å². The number of benzene rings is 1. The predicted octanol–water partition coefficient (Wildman–Crippen LogP) is 3.22. The maximum absolute atomic E-state index is 12.2. The zero-order chi connectivity index (χ0) is 15.4. The van der Waals surface area contributed by atoms with Gasteiger partial charge in [-0.1, -0.05) is 23.2 Å². The third-order valence-electron chi connectivity index (χ3n) is 3.70. The Morgan fingerprint density at radius 3 is 2.95 bits per heavy atom. The number of carbonyl (C=O) groups excluding carboxylic acids is 1. The number of hydrogen-bond donors (Lipinski definition) is 2. The molecule has 116 valence electrons. The number of carbonyl (C=O) groups is 1. The quantitative estimate of drug-likeness (QED) is 0.890. The number of aliphatic hydroxyl groups excluding tert-OH is 1. The third-order valence-corrected chi connectivity index (χ3v) is 4.25. The van der Waals surface area contributed by atoms with Crippen molar-refractivity contribution in [1.29, 1.82) is 0 Å². The molecule has 4 nitrogen and oxygen atoms in total. The van der Waals surface area contributed by atoms with Gasteiger partial charge in [-0.25, -0.2) is 4.79 Å². The molecule has 0 saturated carbocycles. The van der Waals surface area contributed by atoms with E-state index in [1.165, 1.54) is 0 Å². The number of fused-ring (bicyclic) bond motifs is 1. The fourth-order valence-corrected chi connectivity index (χ4v) is 3.18. The molecule has 1 aromatic rings. The molecule has 0 saturated heterocycles. The van der Waals surface area contributed by atoms with E-state index in [2.05, 4.69) is 5.32 Å². The van der Waals surface area contributed by atoms with Crippen LogP contribution in [0.3, 0.4) is 0 Å². The van der Waals surface area contributed by atoms with Gasteiger partial charge < -0.3 is 15.3 Å². The first-order chi connectivity index (χ1) is 10.0. The normalized spacial score (nSPS) is 15.5. The van der Waals surface area contributed by atoms with Crippen molar-refractivity contribution in [3.63, 3.8) is 0 Å². The van der Waals surface area contributed by atoms with Gasteiger partial charge in [-0.2, -0.15) is 0 Å². The van der Waals surface area contributed by atoms with Gasteiger partial charge in [0.1, 0.15) is 0 Å². The number of nitrogens with zero attached hydrogens (tertiary/aromatic N) is 1. The summed E-state index contributed by atoms with van der Waals surface area (Å²) in [5, 5.41) is 13.0. The molecule has 1 unspecified atom stereocenters. The first-order valence-corrected chi connectivity index (χ1v) is 7.90. The van der Waals surface area contributed by atoms with Gasteiger partial charge in [-0.15, -0.1) is 0 Å². The molecule has 1 aliphatic rings. The van der Waals surface area contributed by atoms with Crippen molar-refractivity contribution in [2.24, 2.45) is 0 Å². The van der Waals surface area contributed by atoms with Crippen molar-refractivity contribution in [3.8, 4) is 0 Å². The Balaban J connectivity index is 1.99. The number of urea groups is 1. The molecular formula is C15H20Cl2N2O2. The van der Waals surface area contributed by atoms with Gasteiger partial charge in [0.2, 0.25) is 0 Å². The molecule has 2 N–H and O–H groups in total. The lowest BCUT2D eigenvalue weighted by Gasteiger charge is -2.30. The Kier molecular flexibility index (Phi) is 5.73. The minimum absolute atomic E-state index is 0.0500. The number of halogens is 2. The minimum atomic E-state index is -0.0813. The fraction of sp³-hybridized carbons (Fsp3) is 0.533. The van der Waals surface area contributed by atoms with E-state index in [9.17, 15) is 4.79 Å². The van der Waals surface area contributed by atoms with Gasteiger partial charge in [0.25, 0.3) is 0 Å². The van der Waals surface area contributed by atoms with E-state index in [1.54, 1.807) is 11.0 Å². The van der Waals surface area contributed by atoms with Gasteiger partial charge in [0.05, 0.1) is 0 Å². The first-order valence-electron chi connectivity index (χ1n) is 7.14. The Morgan fingerprint density at radius 2 is 2.24 bits per heavy atom. The SMILES string of the molecule is CC(CCCO)NC(=O)N1CCc2c(Cl)cc(Cl)cc2C1. The van der Waals surface area contributed by atoms with E-state index in [4.69, 9.17) is 28.3 Å². The molecule has 1 aromatic carbocycles. The monoisotopic (exact) mass is 330 g/mol. The van der Waals surface area contributed by atoms with E-state index in [-0.39, 0.29) is 18.7 Å². The highest BCUT2D eigenvalue weighted by molar-refractivity contribution is 6.35. The Morgan fingerprint density at radius 1 is 1.48 bits per heavy atom. The highest BCUT2D eigenvalue weighted by Crippen LogP contribution is 2.29. The molecule has 21 heavy (non-hydrogen) atoms. The average Bonchev–Trinajstić information content (AvgIpc) is 2.44. The Labute approximate surface area is 135 Å². The summed E-state index contributed by atoms with van der Waals surface area (Å²) in [6, 6.07) is 3.59. The first kappa shape index (κ1) is 16.4. The van der Waals surface area contributed by atoms with Gasteiger partial charge in [0.15, 0.2) is 0 Å². The highest BCUT2D eigenvalue weighted by Gasteiger charge is 2.23. The lowest BCUT2D eigenvalue weighted by Crippen LogP contribution is -2.45. The molecule has 0 radical (unpaired) electrons. The summed E-state index contributed by atoms with van der Waals surface area (Å²) in [5.41, 5.74) is 2.09. The summed E-state index contributed by atoms with van der Waals surface area (Å²) in [6.45, 7) is 3.26. The van der Waals surface area contributed by atoms with Crippen molar-refractivity contribution in [1.82, 2.24) is 10.2 Å². The van der Waals surface area contributed by atoms with Crippen molar-refractivity contribution in [2.45, 2.75) is 38.8 Å². The molecule has 2 rings (SSSR count). The minimum Gasteiger partial charge on any atom is -0.396 e. The summed E-state index contributed by atoms with van der Waals surface area (Å²) in [4.78, 5) is 14.0. The van der Waals surface area contributed by atoms with E-state index in [1.807, 2.05) is 13.0 Å². The van der Waals surface area contributed by atoms with Crippen LogP contribution in [0.1, 0.15) is 30.9 Å². The zero-order valence-corrected chi connectivity index (χ0v) is 13.5. The van der Waals surface area contributed by atoms with Crippen LogP contribution >= 0.6 is 23.2 Å². The van der Waals surface area contributed by atoms with Gasteiger partial charge in [-0.3, -0.25) is 0 Å². The summed E-state index contributed by atoms with van der Waals surface area (Å²) in [7, 11) is 0. The van der Waals surface area contributed by atoms with E-state index < -0.39 is 0 Å². The predicted molar refractivity (Wildman–Crippen MR) is 84.9 cm³/mol. The van der Waals surface area contributed by atoms with Crippen molar-refractivity contribution in [2.75, 3.05) is 13.2 Å². The molecule has 0 aromatic heterocycles. The Hall–Kier alpha value is -0.970. The summed E-state index contributed by atoms with van der Waals surface area (Å²) < 4.78 is 0. The third kappa shape index (κ3) is 4.25. The summed E-state index contributed by atoms with van der Waals surface area (Å²) >= 11 is 12.2. The van der Waals surface area contributed by atoms with Crippen LogP contribution < -0.4 is 5.32 Å². The standard InChI is InChI=1S/C15H20Cl2N2O2/c1-10(3-2-6-20)18-15(21)19-5-4-13-11(9-19)7-12(16)8-14(13)17/h7-8,10,20H,2-6,9H2,1H3,(H,18,21). The fourth-order valence-electron chi connectivity index (χ4n) is 2.55. The van der Waals surface area contributed by atoms with Crippen molar-refractivity contribution in [3.05, 3.63) is 33.3 Å². The van der Waals surface area contributed by atoms with Crippen LogP contribution in [0.5, 0.6) is 0 Å². The second-order valence-electron chi connectivity index (χ2n) is 5.41. The van der Waals surface area contributed by atoms with Crippen LogP contribution in [-0.4, -0.2) is 35.2 Å². The largest absolute Gasteiger partial charge is 0.396 e. The number of aliphatic hydroxyl groups is 1. The summed E-state index contributed by atoms with van der Waals surface area (Å²) in [6.07, 6.45) is 2.20. The maximum Gasteiger partial charge on any atom is 0.317 e. The van der Waals surface area contributed by atoms with Crippen LogP contribution in [0.25, 0.3) is 0 Å². The number of hydrogen-bond acceptors (Lipinski definition) is 2. The lowest BCUT2D eigenvalue weighted by atomic mass is 10.00. The smallest absolute Gasteiger partial charge is 0.317 e. The van der Waals surface area contributed by atoms with Crippen LogP contribution in [-0.2, 0) is 13.0 Å². The second-order valence-corrected chi connectivity index (χ2v) is 6.26. The Bertz CT molecular complexity index is 523. The molecule has 6 heteroatoms. The number of amides is 2. The molecular weight excluding hydrogens is 311 g/mol. The molecule has 2 amide bonds. The van der Waals surface area contributed by atoms with Gasteiger partial charge >= 0.3 is 6.03 Å². The summed E-state index contributed by atoms with van der Waals surface area (Å²) in [5.74, 6) is 0. The van der Waals surface area contributed by atoms with E-state index in [0.717, 1.165) is 24.0 Å². The molecule has 0 spiro atoms. The molecule has 0 fully saturated rings. The molecule has 0 bridgehead atoms. The average molecular weight is 331 g/mol. The van der Waals surface area contributed by atoms with Crippen molar-refractivity contribution >= 4 is 29.2 Å². The molecule has 0 aliphatic carbocycles. The molecule has 1 heterocycles. The molecule has 1 aliphatic heterocycles. The zero-order valence-electron chi connectivity index (χ0n) is 12.0. The number of nitrogens with one attached hydrogen (secondary N) is 1. The van der Waals surface area contributed by atoms with Gasteiger partial charge in [-0.05, 0) is 49.4 Å². The second kappa shape index (κ2) is 7.34. The van der Waals surface area contributed by atoms with E-state index >= 15 is 0 Å². The maximum atomic E-state index is 12.2. The number of rotatable bonds is 4. The van der Waals surface area contributed by atoms with E-state index in [0.29, 0.717) is 29.6 Å². The van der Waals surface area contributed by atoms with Crippen LogP contribution in [0.4, 0.5) is 4.79 Å². The molecule has 1 atom stereocenters. The lowest BCUT2D eigenvalue weighted by molar-refractivity contribution is 0.187.